The summed E-state index contributed by atoms with van der Waals surface area (Å²) in [5.74, 6) is -1.22. The fraction of sp³-hybridized carbons (Fsp3) is 0.136. The van der Waals surface area contributed by atoms with E-state index in [9.17, 15) is 19.5 Å². The molecule has 1 atom stereocenters. The number of hydrogen-bond acceptors (Lipinski definition) is 4. The molecule has 0 radical (unpaired) electrons. The second kappa shape index (κ2) is 6.90. The third-order valence-electron chi connectivity index (χ3n) is 4.97. The first-order valence-electron chi connectivity index (χ1n) is 8.87. The lowest BCUT2D eigenvalue weighted by molar-refractivity contribution is 0.0693. The number of hydrogen-bond donors (Lipinski definition) is 2. The molecule has 4 rings (SSSR count). The van der Waals surface area contributed by atoms with E-state index in [1.807, 2.05) is 42.5 Å². The number of fused-ring (bicyclic) bond motifs is 2. The number of imide groups is 1. The van der Waals surface area contributed by atoms with Crippen molar-refractivity contribution in [1.82, 2.24) is 10.2 Å². The van der Waals surface area contributed by atoms with Gasteiger partial charge < -0.3 is 10.4 Å². The molecular formula is C22H18N2O4. The molecule has 0 aliphatic carbocycles. The van der Waals surface area contributed by atoms with Crippen LogP contribution in [0.2, 0.25) is 0 Å². The quantitative estimate of drug-likeness (QED) is 0.687. The highest BCUT2D eigenvalue weighted by molar-refractivity contribution is 6.21. The molecule has 140 valence electrons. The zero-order chi connectivity index (χ0) is 19.8. The fourth-order valence-corrected chi connectivity index (χ4v) is 3.33. The third kappa shape index (κ3) is 3.04. The van der Waals surface area contributed by atoms with Crippen molar-refractivity contribution in [3.8, 4) is 0 Å². The summed E-state index contributed by atoms with van der Waals surface area (Å²) in [6.07, 6.45) is -0.864. The molecule has 1 heterocycles. The van der Waals surface area contributed by atoms with Crippen LogP contribution in [0.3, 0.4) is 0 Å². The van der Waals surface area contributed by atoms with Crippen molar-refractivity contribution in [2.75, 3.05) is 13.6 Å². The lowest BCUT2D eigenvalue weighted by Gasteiger charge is -2.13. The summed E-state index contributed by atoms with van der Waals surface area (Å²) in [6, 6.07) is 17.9. The predicted octanol–water partition coefficient (Wildman–Crippen LogP) is 2.53. The Morgan fingerprint density at radius 2 is 1.68 bits per heavy atom. The molecule has 0 saturated heterocycles. The number of carbonyl (C=O) groups excluding carboxylic acids is 3. The maximum atomic E-state index is 12.4. The summed E-state index contributed by atoms with van der Waals surface area (Å²) in [5, 5.41) is 15.2. The highest BCUT2D eigenvalue weighted by atomic mass is 16.3. The van der Waals surface area contributed by atoms with Crippen LogP contribution in [0.25, 0.3) is 10.8 Å². The van der Waals surface area contributed by atoms with E-state index in [2.05, 4.69) is 5.32 Å². The van der Waals surface area contributed by atoms with Crippen LogP contribution in [0.5, 0.6) is 0 Å². The van der Waals surface area contributed by atoms with Gasteiger partial charge in [0.25, 0.3) is 17.7 Å². The number of rotatable bonds is 4. The SMILES string of the molecule is CN1C(=O)c2ccc(C(=O)NCC(O)c3ccc4ccccc4c3)cc2C1=O. The first-order chi connectivity index (χ1) is 13.5. The van der Waals surface area contributed by atoms with Gasteiger partial charge in [0.15, 0.2) is 0 Å². The molecule has 0 saturated carbocycles. The molecule has 1 aliphatic heterocycles. The molecule has 3 aromatic rings. The number of carbonyl (C=O) groups is 3. The van der Waals surface area contributed by atoms with Crippen LogP contribution < -0.4 is 5.32 Å². The van der Waals surface area contributed by atoms with Crippen molar-refractivity contribution < 1.29 is 19.5 Å². The van der Waals surface area contributed by atoms with Crippen LogP contribution in [-0.4, -0.2) is 41.3 Å². The Kier molecular flexibility index (Phi) is 4.41. The van der Waals surface area contributed by atoms with E-state index in [1.165, 1.54) is 25.2 Å². The third-order valence-corrected chi connectivity index (χ3v) is 4.97. The molecule has 1 unspecified atom stereocenters. The van der Waals surface area contributed by atoms with Gasteiger partial charge >= 0.3 is 0 Å². The van der Waals surface area contributed by atoms with Gasteiger partial charge in [-0.15, -0.1) is 0 Å². The molecule has 1 aliphatic rings. The van der Waals surface area contributed by atoms with Crippen LogP contribution in [0, 0.1) is 0 Å². The van der Waals surface area contributed by atoms with E-state index in [4.69, 9.17) is 0 Å². The molecule has 3 aromatic carbocycles. The monoisotopic (exact) mass is 374 g/mol. The van der Waals surface area contributed by atoms with Gasteiger partial charge in [0, 0.05) is 19.2 Å². The highest BCUT2D eigenvalue weighted by Crippen LogP contribution is 2.23. The van der Waals surface area contributed by atoms with Crippen LogP contribution in [-0.2, 0) is 0 Å². The summed E-state index contributed by atoms with van der Waals surface area (Å²) < 4.78 is 0. The fourth-order valence-electron chi connectivity index (χ4n) is 3.33. The van der Waals surface area contributed by atoms with Crippen LogP contribution in [0.4, 0.5) is 0 Å². The maximum absolute atomic E-state index is 12.4. The second-order valence-corrected chi connectivity index (χ2v) is 6.76. The molecule has 3 amide bonds. The van der Waals surface area contributed by atoms with Crippen molar-refractivity contribution in [3.63, 3.8) is 0 Å². The van der Waals surface area contributed by atoms with Crippen molar-refractivity contribution >= 4 is 28.5 Å². The normalized spacial score (nSPS) is 14.3. The second-order valence-electron chi connectivity index (χ2n) is 6.76. The smallest absolute Gasteiger partial charge is 0.261 e. The van der Waals surface area contributed by atoms with E-state index >= 15 is 0 Å². The van der Waals surface area contributed by atoms with Gasteiger partial charge in [0.05, 0.1) is 17.2 Å². The van der Waals surface area contributed by atoms with Gasteiger partial charge in [0.2, 0.25) is 0 Å². The molecule has 6 heteroatoms. The van der Waals surface area contributed by atoms with Crippen molar-refractivity contribution in [2.24, 2.45) is 0 Å². The minimum absolute atomic E-state index is 0.0288. The Morgan fingerprint density at radius 1 is 0.964 bits per heavy atom. The summed E-state index contributed by atoms with van der Waals surface area (Å²) in [7, 11) is 1.41. The Hall–Kier alpha value is -3.51. The molecule has 0 aromatic heterocycles. The van der Waals surface area contributed by atoms with E-state index in [1.54, 1.807) is 0 Å². The Balaban J connectivity index is 1.47. The molecule has 2 N–H and O–H groups in total. The van der Waals surface area contributed by atoms with E-state index < -0.39 is 17.9 Å². The Labute approximate surface area is 161 Å². The Morgan fingerprint density at radius 3 is 2.46 bits per heavy atom. The zero-order valence-electron chi connectivity index (χ0n) is 15.2. The molecule has 28 heavy (non-hydrogen) atoms. The summed E-state index contributed by atoms with van der Waals surface area (Å²) in [5.41, 5.74) is 1.48. The van der Waals surface area contributed by atoms with Gasteiger partial charge in [-0.25, -0.2) is 0 Å². The topological polar surface area (TPSA) is 86.7 Å². The minimum Gasteiger partial charge on any atom is -0.387 e. The lowest BCUT2D eigenvalue weighted by Crippen LogP contribution is -2.28. The van der Waals surface area contributed by atoms with E-state index in [0.717, 1.165) is 15.7 Å². The molecule has 0 fully saturated rings. The van der Waals surface area contributed by atoms with Gasteiger partial charge in [0.1, 0.15) is 0 Å². The molecule has 0 bridgehead atoms. The maximum Gasteiger partial charge on any atom is 0.261 e. The predicted molar refractivity (Wildman–Crippen MR) is 104 cm³/mol. The number of aliphatic hydroxyl groups excluding tert-OH is 1. The average molecular weight is 374 g/mol. The number of nitrogens with one attached hydrogen (secondary N) is 1. The highest BCUT2D eigenvalue weighted by Gasteiger charge is 2.33. The van der Waals surface area contributed by atoms with Crippen molar-refractivity contribution in [2.45, 2.75) is 6.10 Å². The summed E-state index contributed by atoms with van der Waals surface area (Å²) in [6.45, 7) is 0.0288. The largest absolute Gasteiger partial charge is 0.387 e. The van der Waals surface area contributed by atoms with E-state index in [-0.39, 0.29) is 23.6 Å². The number of amides is 3. The van der Waals surface area contributed by atoms with Gasteiger partial charge in [-0.05, 0) is 40.6 Å². The summed E-state index contributed by atoms with van der Waals surface area (Å²) in [4.78, 5) is 37.5. The van der Waals surface area contributed by atoms with Crippen molar-refractivity contribution in [3.05, 3.63) is 82.9 Å². The van der Waals surface area contributed by atoms with Gasteiger partial charge in [-0.2, -0.15) is 0 Å². The molecule has 6 nitrogen and oxygen atoms in total. The number of aliphatic hydroxyl groups is 1. The molecular weight excluding hydrogens is 356 g/mol. The minimum atomic E-state index is -0.864. The van der Waals surface area contributed by atoms with Crippen LogP contribution in [0.15, 0.2) is 60.7 Å². The lowest BCUT2D eigenvalue weighted by atomic mass is 10.0. The number of benzene rings is 3. The Bertz CT molecular complexity index is 1120. The zero-order valence-corrected chi connectivity index (χ0v) is 15.2. The van der Waals surface area contributed by atoms with Gasteiger partial charge in [-0.1, -0.05) is 36.4 Å². The average Bonchev–Trinajstić information content (AvgIpc) is 2.95. The first-order valence-corrected chi connectivity index (χ1v) is 8.87. The first kappa shape index (κ1) is 17.9. The standard InChI is InChI=1S/C22H18N2O4/c1-24-21(27)17-9-8-16(11-18(17)22(24)28)20(26)23-12-19(25)15-7-6-13-4-2-3-5-14(13)10-15/h2-11,19,25H,12H2,1H3,(H,23,26). The van der Waals surface area contributed by atoms with Crippen LogP contribution in [0.1, 0.15) is 42.7 Å². The van der Waals surface area contributed by atoms with E-state index in [0.29, 0.717) is 11.1 Å². The van der Waals surface area contributed by atoms with Crippen LogP contribution >= 0.6 is 0 Å². The molecule has 0 spiro atoms. The van der Waals surface area contributed by atoms with Crippen molar-refractivity contribution in [1.29, 1.82) is 0 Å². The summed E-state index contributed by atoms with van der Waals surface area (Å²) >= 11 is 0. The van der Waals surface area contributed by atoms with Gasteiger partial charge in [-0.3, -0.25) is 19.3 Å². The number of nitrogens with zero attached hydrogens (tertiary/aromatic N) is 1.